The quantitative estimate of drug-likeness (QED) is 0.409. The maximum Gasteiger partial charge on any atom is 0.316 e. The van der Waals surface area contributed by atoms with E-state index in [9.17, 15) is 4.79 Å². The van der Waals surface area contributed by atoms with Gasteiger partial charge in [-0.1, -0.05) is 13.8 Å². The first kappa shape index (κ1) is 12.0. The summed E-state index contributed by atoms with van der Waals surface area (Å²) in [6.45, 7) is 5.96. The number of rotatable bonds is 2. The highest BCUT2D eigenvalue weighted by Crippen LogP contribution is 1.91. The third kappa shape index (κ3) is 11.7. The van der Waals surface area contributed by atoms with Crippen LogP contribution in [-0.2, 0) is 9.53 Å². The minimum atomic E-state index is -0.196. The van der Waals surface area contributed by atoms with Gasteiger partial charge in [-0.05, 0) is 5.92 Å². The summed E-state index contributed by atoms with van der Waals surface area (Å²) >= 11 is 0. The minimum absolute atomic E-state index is 0. The Balaban J connectivity index is 0. The lowest BCUT2D eigenvalue weighted by atomic mass is 10.2. The van der Waals surface area contributed by atoms with Crippen LogP contribution in [0.1, 0.15) is 20.8 Å². The van der Waals surface area contributed by atoms with Crippen LogP contribution in [0.5, 0.6) is 0 Å². The first-order valence-electron chi connectivity index (χ1n) is 2.76. The Morgan fingerprint density at radius 1 is 1.56 bits per heavy atom. The number of esters is 1. The molecule has 0 aliphatic rings. The van der Waals surface area contributed by atoms with Gasteiger partial charge in [0.25, 0.3) is 0 Å². The predicted molar refractivity (Wildman–Crippen MR) is 40.0 cm³/mol. The summed E-state index contributed by atoms with van der Waals surface area (Å²) < 4.78 is 4.66. The summed E-state index contributed by atoms with van der Waals surface area (Å²) in [5.41, 5.74) is 0. The van der Waals surface area contributed by atoms with E-state index >= 15 is 0 Å². The molecule has 0 saturated carbocycles. The van der Waals surface area contributed by atoms with E-state index in [1.165, 1.54) is 6.92 Å². The lowest BCUT2D eigenvalue weighted by Gasteiger charge is -2.02. The molecule has 0 saturated heterocycles. The van der Waals surface area contributed by atoms with Crippen LogP contribution >= 0.6 is 0 Å². The SMILES string of the molecule is CC(=O)OCC(C)C.[MgH2]. The summed E-state index contributed by atoms with van der Waals surface area (Å²) in [7, 11) is 0. The van der Waals surface area contributed by atoms with Crippen LogP contribution in [-0.4, -0.2) is 35.6 Å². The van der Waals surface area contributed by atoms with E-state index in [4.69, 9.17) is 0 Å². The van der Waals surface area contributed by atoms with Gasteiger partial charge in [0.15, 0.2) is 0 Å². The largest absolute Gasteiger partial charge is 0.466 e. The fourth-order valence-corrected chi connectivity index (χ4v) is 0.284. The van der Waals surface area contributed by atoms with E-state index in [1.54, 1.807) is 0 Å². The van der Waals surface area contributed by atoms with Gasteiger partial charge >= 0.3 is 29.0 Å². The zero-order valence-corrected chi connectivity index (χ0v) is 5.60. The molecule has 2 nitrogen and oxygen atoms in total. The normalized spacial score (nSPS) is 8.44. The highest BCUT2D eigenvalue weighted by atomic mass is 24.3. The minimum Gasteiger partial charge on any atom is -0.466 e. The van der Waals surface area contributed by atoms with E-state index in [2.05, 4.69) is 4.74 Å². The van der Waals surface area contributed by atoms with Crippen LogP contribution in [0.3, 0.4) is 0 Å². The molecule has 0 aromatic rings. The summed E-state index contributed by atoms with van der Waals surface area (Å²) in [4.78, 5) is 10.1. The average molecular weight is 142 g/mol. The number of ether oxygens (including phenoxy) is 1. The average Bonchev–Trinajstić information content (AvgIpc) is 1.61. The van der Waals surface area contributed by atoms with Crippen molar-refractivity contribution in [3.8, 4) is 0 Å². The maximum atomic E-state index is 10.1. The van der Waals surface area contributed by atoms with Crippen LogP contribution < -0.4 is 0 Å². The molecule has 0 aliphatic heterocycles. The molecule has 0 aromatic heterocycles. The smallest absolute Gasteiger partial charge is 0.316 e. The second-order valence-electron chi connectivity index (χ2n) is 2.20. The van der Waals surface area contributed by atoms with Crippen LogP contribution in [0.2, 0.25) is 0 Å². The molecule has 0 amide bonds. The van der Waals surface area contributed by atoms with Crippen molar-refractivity contribution >= 4 is 29.0 Å². The van der Waals surface area contributed by atoms with Gasteiger partial charge in [0.2, 0.25) is 0 Å². The van der Waals surface area contributed by atoms with Crippen molar-refractivity contribution in [2.24, 2.45) is 5.92 Å². The Morgan fingerprint density at radius 3 is 2.11 bits per heavy atom. The molecule has 0 aliphatic carbocycles. The standard InChI is InChI=1S/C6H12O2.Mg.2H/c1-5(2)4-8-6(3)7;;;/h5H,4H2,1-3H3;;;. The van der Waals surface area contributed by atoms with Gasteiger partial charge in [-0.25, -0.2) is 0 Å². The maximum absolute atomic E-state index is 10.1. The Morgan fingerprint density at radius 2 is 2.00 bits per heavy atom. The van der Waals surface area contributed by atoms with Gasteiger partial charge in [0.1, 0.15) is 0 Å². The zero-order chi connectivity index (χ0) is 6.57. The Hall–Kier alpha value is 0.236. The van der Waals surface area contributed by atoms with Crippen molar-refractivity contribution in [2.45, 2.75) is 20.8 Å². The fourth-order valence-electron chi connectivity index (χ4n) is 0.284. The summed E-state index contributed by atoms with van der Waals surface area (Å²) in [6, 6.07) is 0. The first-order chi connectivity index (χ1) is 3.63. The van der Waals surface area contributed by atoms with Gasteiger partial charge in [0, 0.05) is 6.92 Å². The first-order valence-corrected chi connectivity index (χ1v) is 2.76. The Bertz CT molecular complexity index is 81.1. The van der Waals surface area contributed by atoms with Gasteiger partial charge in [0.05, 0.1) is 6.61 Å². The van der Waals surface area contributed by atoms with Crippen molar-refractivity contribution in [2.75, 3.05) is 6.61 Å². The monoisotopic (exact) mass is 142 g/mol. The second kappa shape index (κ2) is 6.36. The van der Waals surface area contributed by atoms with Crippen molar-refractivity contribution in [3.63, 3.8) is 0 Å². The predicted octanol–water partition coefficient (Wildman–Crippen LogP) is 0.289. The van der Waals surface area contributed by atoms with Crippen molar-refractivity contribution in [1.82, 2.24) is 0 Å². The summed E-state index contributed by atoms with van der Waals surface area (Å²) in [5.74, 6) is 0.248. The molecule has 0 unspecified atom stereocenters. The molecular formula is C6H14MgO2. The molecule has 0 N–H and O–H groups in total. The van der Waals surface area contributed by atoms with Crippen molar-refractivity contribution in [1.29, 1.82) is 0 Å². The van der Waals surface area contributed by atoms with Gasteiger partial charge < -0.3 is 4.74 Å². The van der Waals surface area contributed by atoms with E-state index < -0.39 is 0 Å². The number of carbonyl (C=O) groups excluding carboxylic acids is 1. The number of hydrogen-bond acceptors (Lipinski definition) is 2. The highest BCUT2D eigenvalue weighted by molar-refractivity contribution is 5.75. The van der Waals surface area contributed by atoms with Crippen LogP contribution in [0.25, 0.3) is 0 Å². The fraction of sp³-hybridized carbons (Fsp3) is 0.833. The van der Waals surface area contributed by atoms with Gasteiger partial charge in [-0.3, -0.25) is 4.79 Å². The molecule has 0 atom stereocenters. The molecular weight excluding hydrogens is 128 g/mol. The molecule has 0 radical (unpaired) electrons. The van der Waals surface area contributed by atoms with Crippen LogP contribution in [0, 0.1) is 5.92 Å². The number of carbonyl (C=O) groups is 1. The molecule has 3 heteroatoms. The van der Waals surface area contributed by atoms with E-state index in [-0.39, 0.29) is 29.0 Å². The molecule has 0 fully saturated rings. The second-order valence-corrected chi connectivity index (χ2v) is 2.20. The molecule has 52 valence electrons. The summed E-state index contributed by atoms with van der Waals surface area (Å²) in [5, 5.41) is 0. The third-order valence-corrected chi connectivity index (χ3v) is 0.620. The van der Waals surface area contributed by atoms with Gasteiger partial charge in [-0.15, -0.1) is 0 Å². The topological polar surface area (TPSA) is 26.3 Å². The lowest BCUT2D eigenvalue weighted by Crippen LogP contribution is -2.05. The molecule has 0 spiro atoms. The molecule has 0 aromatic carbocycles. The Kier molecular flexibility index (Phi) is 8.45. The van der Waals surface area contributed by atoms with E-state index in [0.29, 0.717) is 12.5 Å². The number of hydrogen-bond donors (Lipinski definition) is 0. The van der Waals surface area contributed by atoms with Crippen molar-refractivity contribution < 1.29 is 9.53 Å². The lowest BCUT2D eigenvalue weighted by molar-refractivity contribution is -0.141. The molecule has 9 heavy (non-hydrogen) atoms. The van der Waals surface area contributed by atoms with Crippen LogP contribution in [0.4, 0.5) is 0 Å². The zero-order valence-electron chi connectivity index (χ0n) is 5.60. The van der Waals surface area contributed by atoms with Crippen LogP contribution in [0.15, 0.2) is 0 Å². The Labute approximate surface area is 72.1 Å². The molecule has 0 rings (SSSR count). The molecule has 0 bridgehead atoms. The van der Waals surface area contributed by atoms with Crippen molar-refractivity contribution in [3.05, 3.63) is 0 Å². The van der Waals surface area contributed by atoms with E-state index in [0.717, 1.165) is 0 Å². The van der Waals surface area contributed by atoms with E-state index in [1.807, 2.05) is 13.8 Å². The highest BCUT2D eigenvalue weighted by Gasteiger charge is 1.94. The summed E-state index contributed by atoms with van der Waals surface area (Å²) in [6.07, 6.45) is 0. The third-order valence-electron chi connectivity index (χ3n) is 0.620. The van der Waals surface area contributed by atoms with Gasteiger partial charge in [-0.2, -0.15) is 0 Å². The molecule has 0 heterocycles.